The number of carbonyl (C=O) groups is 2. The van der Waals surface area contributed by atoms with Crippen molar-refractivity contribution in [2.24, 2.45) is 5.92 Å². The number of benzene rings is 1. The van der Waals surface area contributed by atoms with Gasteiger partial charge in [0.15, 0.2) is 0 Å². The molecule has 0 spiro atoms. The molecule has 0 aromatic heterocycles. The van der Waals surface area contributed by atoms with Crippen LogP contribution in [0.25, 0.3) is 0 Å². The average Bonchev–Trinajstić information content (AvgIpc) is 2.97. The number of hydrogen-bond acceptors (Lipinski definition) is 6. The summed E-state index contributed by atoms with van der Waals surface area (Å²) in [6.45, 7) is 2.03. The number of ether oxygens (including phenoxy) is 2. The van der Waals surface area contributed by atoms with Crippen molar-refractivity contribution in [3.8, 4) is 0 Å². The molecule has 2 rings (SSSR count). The minimum absolute atomic E-state index is 0.210. The SMILES string of the molecule is CCC1(c2ccccc2)C(C(=O)OC)C(C(=O)OC)NC1N(C)C. The van der Waals surface area contributed by atoms with E-state index in [1.807, 2.05) is 56.3 Å². The summed E-state index contributed by atoms with van der Waals surface area (Å²) in [5, 5.41) is 3.30. The van der Waals surface area contributed by atoms with E-state index in [1.165, 1.54) is 14.2 Å². The Morgan fingerprint density at radius 3 is 2.17 bits per heavy atom. The number of carbonyl (C=O) groups excluding carboxylic acids is 2. The molecule has 1 fully saturated rings. The maximum Gasteiger partial charge on any atom is 0.323 e. The molecular weight excluding hydrogens is 308 g/mol. The summed E-state index contributed by atoms with van der Waals surface area (Å²) in [5.74, 6) is -1.54. The van der Waals surface area contributed by atoms with Crippen LogP contribution in [0.5, 0.6) is 0 Å². The standard InChI is InChI=1S/C18H26N2O4/c1-6-18(12-10-8-7-9-11-12)13(15(21)23-4)14(16(22)24-5)19-17(18)20(2)3/h7-11,13-14,17,19H,6H2,1-5H3. The predicted molar refractivity (Wildman–Crippen MR) is 90.3 cm³/mol. The Kier molecular flexibility index (Phi) is 5.62. The number of nitrogens with one attached hydrogen (secondary N) is 1. The first-order chi connectivity index (χ1) is 11.4. The average molecular weight is 334 g/mol. The molecule has 1 N–H and O–H groups in total. The normalized spacial score (nSPS) is 29.5. The Balaban J connectivity index is 2.68. The van der Waals surface area contributed by atoms with Gasteiger partial charge in [-0.25, -0.2) is 0 Å². The molecule has 1 aliphatic rings. The molecule has 24 heavy (non-hydrogen) atoms. The van der Waals surface area contributed by atoms with E-state index in [9.17, 15) is 9.59 Å². The van der Waals surface area contributed by atoms with Crippen LogP contribution >= 0.6 is 0 Å². The summed E-state index contributed by atoms with van der Waals surface area (Å²) < 4.78 is 9.99. The van der Waals surface area contributed by atoms with Crippen molar-refractivity contribution in [3.05, 3.63) is 35.9 Å². The van der Waals surface area contributed by atoms with Crippen LogP contribution in [0, 0.1) is 5.92 Å². The fourth-order valence-electron chi connectivity index (χ4n) is 4.00. The monoisotopic (exact) mass is 334 g/mol. The summed E-state index contributed by atoms with van der Waals surface area (Å²) in [6, 6.07) is 9.06. The van der Waals surface area contributed by atoms with E-state index in [1.54, 1.807) is 0 Å². The minimum atomic E-state index is -0.755. The fourth-order valence-corrected chi connectivity index (χ4v) is 4.00. The highest BCUT2D eigenvalue weighted by molar-refractivity contribution is 5.87. The van der Waals surface area contributed by atoms with Gasteiger partial charge in [0.05, 0.1) is 26.3 Å². The van der Waals surface area contributed by atoms with Crippen molar-refractivity contribution in [2.75, 3.05) is 28.3 Å². The van der Waals surface area contributed by atoms with Gasteiger partial charge in [-0.2, -0.15) is 0 Å². The van der Waals surface area contributed by atoms with Crippen LogP contribution in [0.15, 0.2) is 30.3 Å². The second-order valence-corrected chi connectivity index (χ2v) is 6.29. The van der Waals surface area contributed by atoms with Crippen LogP contribution < -0.4 is 5.32 Å². The molecule has 1 aromatic rings. The molecule has 0 aliphatic carbocycles. The van der Waals surface area contributed by atoms with Gasteiger partial charge in [-0.3, -0.25) is 19.8 Å². The zero-order chi connectivity index (χ0) is 17.9. The van der Waals surface area contributed by atoms with Crippen LogP contribution in [-0.2, 0) is 24.5 Å². The predicted octanol–water partition coefficient (Wildman–Crippen LogP) is 1.16. The maximum atomic E-state index is 12.7. The van der Waals surface area contributed by atoms with Gasteiger partial charge in [-0.05, 0) is 26.1 Å². The third-order valence-electron chi connectivity index (χ3n) is 5.04. The zero-order valence-corrected chi connectivity index (χ0v) is 14.9. The largest absolute Gasteiger partial charge is 0.469 e. The van der Waals surface area contributed by atoms with E-state index in [0.717, 1.165) is 5.56 Å². The summed E-state index contributed by atoms with van der Waals surface area (Å²) in [7, 11) is 6.54. The fraction of sp³-hybridized carbons (Fsp3) is 0.556. The van der Waals surface area contributed by atoms with E-state index >= 15 is 0 Å². The molecule has 132 valence electrons. The molecular formula is C18H26N2O4. The molecule has 6 nitrogen and oxygen atoms in total. The first-order valence-electron chi connectivity index (χ1n) is 8.07. The summed E-state index contributed by atoms with van der Waals surface area (Å²) in [6.07, 6.45) is 0.457. The Labute approximate surface area is 143 Å². The molecule has 4 unspecified atom stereocenters. The molecule has 1 aromatic carbocycles. The molecule has 0 saturated carbocycles. The summed E-state index contributed by atoms with van der Waals surface area (Å²) in [5.41, 5.74) is 0.400. The molecule has 0 amide bonds. The Bertz CT molecular complexity index is 590. The molecule has 4 atom stereocenters. The smallest absolute Gasteiger partial charge is 0.323 e. The van der Waals surface area contributed by atoms with Gasteiger partial charge in [-0.1, -0.05) is 37.3 Å². The van der Waals surface area contributed by atoms with Crippen molar-refractivity contribution in [1.29, 1.82) is 0 Å². The highest BCUT2D eigenvalue weighted by Gasteiger charge is 2.61. The van der Waals surface area contributed by atoms with Gasteiger partial charge in [0, 0.05) is 5.41 Å². The maximum absolute atomic E-state index is 12.7. The van der Waals surface area contributed by atoms with Crippen LogP contribution in [0.4, 0.5) is 0 Å². The summed E-state index contributed by atoms with van der Waals surface area (Å²) >= 11 is 0. The number of hydrogen-bond donors (Lipinski definition) is 1. The van der Waals surface area contributed by atoms with Crippen LogP contribution in [0.2, 0.25) is 0 Å². The van der Waals surface area contributed by atoms with Crippen molar-refractivity contribution >= 4 is 11.9 Å². The third kappa shape index (κ3) is 2.80. The molecule has 6 heteroatoms. The minimum Gasteiger partial charge on any atom is -0.469 e. The van der Waals surface area contributed by atoms with Gasteiger partial charge in [0.1, 0.15) is 6.04 Å². The molecule has 0 bridgehead atoms. The second kappa shape index (κ2) is 7.32. The second-order valence-electron chi connectivity index (χ2n) is 6.29. The van der Waals surface area contributed by atoms with Gasteiger partial charge in [0.2, 0.25) is 0 Å². The zero-order valence-electron chi connectivity index (χ0n) is 14.9. The Morgan fingerprint density at radius 1 is 1.12 bits per heavy atom. The first kappa shape index (κ1) is 18.4. The molecule has 1 heterocycles. The van der Waals surface area contributed by atoms with Gasteiger partial charge in [-0.15, -0.1) is 0 Å². The lowest BCUT2D eigenvalue weighted by atomic mass is 9.66. The van der Waals surface area contributed by atoms with E-state index < -0.39 is 29.3 Å². The van der Waals surface area contributed by atoms with Gasteiger partial charge in [0.25, 0.3) is 0 Å². The Morgan fingerprint density at radius 2 is 1.71 bits per heavy atom. The van der Waals surface area contributed by atoms with Crippen molar-refractivity contribution in [3.63, 3.8) is 0 Å². The van der Waals surface area contributed by atoms with Crippen molar-refractivity contribution < 1.29 is 19.1 Å². The van der Waals surface area contributed by atoms with E-state index in [2.05, 4.69) is 5.32 Å². The number of methoxy groups -OCH3 is 2. The van der Waals surface area contributed by atoms with Crippen LogP contribution in [0.1, 0.15) is 18.9 Å². The van der Waals surface area contributed by atoms with Crippen LogP contribution in [0.3, 0.4) is 0 Å². The van der Waals surface area contributed by atoms with Gasteiger partial charge < -0.3 is 9.47 Å². The molecule has 1 aliphatic heterocycles. The van der Waals surface area contributed by atoms with Crippen LogP contribution in [-0.4, -0.2) is 57.4 Å². The van der Waals surface area contributed by atoms with E-state index in [0.29, 0.717) is 6.42 Å². The highest BCUT2D eigenvalue weighted by atomic mass is 16.5. The van der Waals surface area contributed by atoms with E-state index in [-0.39, 0.29) is 6.17 Å². The quantitative estimate of drug-likeness (QED) is 0.815. The lowest BCUT2D eigenvalue weighted by molar-refractivity contribution is -0.155. The number of likely N-dealkylation sites (N-methyl/N-ethyl adjacent to an activating group) is 1. The van der Waals surface area contributed by atoms with Crippen molar-refractivity contribution in [2.45, 2.75) is 31.0 Å². The molecule has 0 radical (unpaired) electrons. The first-order valence-corrected chi connectivity index (χ1v) is 8.07. The van der Waals surface area contributed by atoms with Crippen molar-refractivity contribution in [1.82, 2.24) is 10.2 Å². The lowest BCUT2D eigenvalue weighted by Gasteiger charge is -2.41. The topological polar surface area (TPSA) is 67.9 Å². The lowest BCUT2D eigenvalue weighted by Crippen LogP contribution is -2.52. The molecule has 1 saturated heterocycles. The third-order valence-corrected chi connectivity index (χ3v) is 5.04. The summed E-state index contributed by atoms with van der Waals surface area (Å²) in [4.78, 5) is 27.0. The highest BCUT2D eigenvalue weighted by Crippen LogP contribution is 2.47. The number of nitrogens with zero attached hydrogens (tertiary/aromatic N) is 1. The van der Waals surface area contributed by atoms with E-state index in [4.69, 9.17) is 9.47 Å². The van der Waals surface area contributed by atoms with Gasteiger partial charge >= 0.3 is 11.9 Å². The Hall–Kier alpha value is -1.92. The number of rotatable bonds is 5. The number of esters is 2.